The molecule has 1 aliphatic rings. The number of rotatable bonds is 2. The van der Waals surface area contributed by atoms with Gasteiger partial charge in [-0.1, -0.05) is 12.1 Å². The summed E-state index contributed by atoms with van der Waals surface area (Å²) >= 11 is 0. The van der Waals surface area contributed by atoms with Crippen LogP contribution < -0.4 is 5.32 Å². The van der Waals surface area contributed by atoms with Gasteiger partial charge in [-0.15, -0.1) is 0 Å². The fourth-order valence-corrected chi connectivity index (χ4v) is 2.52. The molecule has 1 atom stereocenters. The Morgan fingerprint density at radius 1 is 1.47 bits per heavy atom. The predicted molar refractivity (Wildman–Crippen MR) is 71.8 cm³/mol. The average molecular weight is 265 g/mol. The normalized spacial score (nSPS) is 22.0. The van der Waals surface area contributed by atoms with E-state index in [-0.39, 0.29) is 17.0 Å². The van der Waals surface area contributed by atoms with Crippen LogP contribution in [0.5, 0.6) is 0 Å². The van der Waals surface area contributed by atoms with E-state index in [0.717, 1.165) is 19.4 Å². The Balaban J connectivity index is 2.24. The second-order valence-corrected chi connectivity index (χ2v) is 5.70. The largest absolute Gasteiger partial charge is 0.465 e. The summed E-state index contributed by atoms with van der Waals surface area (Å²) in [5.74, 6) is -0.957. The molecule has 19 heavy (non-hydrogen) atoms. The van der Waals surface area contributed by atoms with Crippen molar-refractivity contribution in [3.8, 4) is 0 Å². The molecule has 3 nitrogen and oxygen atoms in total. The molecule has 104 valence electrons. The molecule has 1 unspecified atom stereocenters. The first-order chi connectivity index (χ1) is 8.94. The van der Waals surface area contributed by atoms with Gasteiger partial charge < -0.3 is 10.1 Å². The summed E-state index contributed by atoms with van der Waals surface area (Å²) in [7, 11) is 1.26. The van der Waals surface area contributed by atoms with E-state index >= 15 is 0 Å². The lowest BCUT2D eigenvalue weighted by molar-refractivity contribution is 0.0595. The van der Waals surface area contributed by atoms with Gasteiger partial charge in [-0.25, -0.2) is 9.18 Å². The van der Waals surface area contributed by atoms with Gasteiger partial charge in [-0.05, 0) is 44.2 Å². The Kier molecular flexibility index (Phi) is 3.90. The minimum atomic E-state index is -0.622. The summed E-state index contributed by atoms with van der Waals surface area (Å²) in [4.78, 5) is 11.5. The van der Waals surface area contributed by atoms with Gasteiger partial charge in [0.25, 0.3) is 0 Å². The fourth-order valence-electron chi connectivity index (χ4n) is 2.52. The molecule has 1 aromatic carbocycles. The predicted octanol–water partition coefficient (Wildman–Crippen LogP) is 2.86. The van der Waals surface area contributed by atoms with Crippen molar-refractivity contribution >= 4 is 5.97 Å². The number of methoxy groups -OCH3 is 1. The zero-order chi connectivity index (χ0) is 14.0. The topological polar surface area (TPSA) is 38.3 Å². The number of esters is 1. The summed E-state index contributed by atoms with van der Waals surface area (Å²) in [6.07, 6.45) is 1.90. The van der Waals surface area contributed by atoms with E-state index in [0.29, 0.717) is 5.56 Å². The van der Waals surface area contributed by atoms with Crippen molar-refractivity contribution in [3.05, 3.63) is 35.1 Å². The van der Waals surface area contributed by atoms with Gasteiger partial charge in [0.05, 0.1) is 12.7 Å². The number of ether oxygens (including phenoxy) is 1. The van der Waals surface area contributed by atoms with Gasteiger partial charge in [-0.3, -0.25) is 0 Å². The summed E-state index contributed by atoms with van der Waals surface area (Å²) < 4.78 is 19.0. The molecular weight excluding hydrogens is 245 g/mol. The summed E-state index contributed by atoms with van der Waals surface area (Å²) in [5.41, 5.74) is 0.725. The Morgan fingerprint density at radius 2 is 2.21 bits per heavy atom. The van der Waals surface area contributed by atoms with Crippen LogP contribution in [0.15, 0.2) is 18.2 Å². The molecule has 1 heterocycles. The molecule has 0 aliphatic carbocycles. The van der Waals surface area contributed by atoms with Crippen LogP contribution in [0.1, 0.15) is 48.5 Å². The Hall–Kier alpha value is -1.42. The Labute approximate surface area is 113 Å². The third kappa shape index (κ3) is 2.95. The van der Waals surface area contributed by atoms with Crippen LogP contribution in [-0.2, 0) is 4.74 Å². The maximum Gasteiger partial charge on any atom is 0.340 e. The maximum atomic E-state index is 14.4. The standard InChI is InChI=1S/C15H20FNO2/c1-15(2)8-7-10(9-17-15)11-5-4-6-12(13(11)16)14(18)19-3/h4-6,10,17H,7-9H2,1-3H3. The van der Waals surface area contributed by atoms with Crippen LogP contribution in [0.25, 0.3) is 0 Å². The van der Waals surface area contributed by atoms with Crippen molar-refractivity contribution < 1.29 is 13.9 Å². The first-order valence-corrected chi connectivity index (χ1v) is 6.56. The van der Waals surface area contributed by atoms with Crippen LogP contribution in [-0.4, -0.2) is 25.2 Å². The second kappa shape index (κ2) is 5.29. The highest BCUT2D eigenvalue weighted by atomic mass is 19.1. The zero-order valence-corrected chi connectivity index (χ0v) is 11.6. The van der Waals surface area contributed by atoms with E-state index in [1.54, 1.807) is 12.1 Å². The molecule has 0 spiro atoms. The summed E-state index contributed by atoms with van der Waals surface area (Å²) in [6.45, 7) is 5.02. The average Bonchev–Trinajstić information content (AvgIpc) is 2.39. The number of hydrogen-bond donors (Lipinski definition) is 1. The number of piperidine rings is 1. The molecule has 0 amide bonds. The smallest absolute Gasteiger partial charge is 0.340 e. The highest BCUT2D eigenvalue weighted by molar-refractivity contribution is 5.89. The van der Waals surface area contributed by atoms with Crippen LogP contribution >= 0.6 is 0 Å². The molecule has 0 aromatic heterocycles. The van der Waals surface area contributed by atoms with Crippen molar-refractivity contribution in [1.29, 1.82) is 0 Å². The van der Waals surface area contributed by atoms with Crippen molar-refractivity contribution in [1.82, 2.24) is 5.32 Å². The van der Waals surface area contributed by atoms with Crippen molar-refractivity contribution in [2.75, 3.05) is 13.7 Å². The van der Waals surface area contributed by atoms with E-state index < -0.39 is 11.8 Å². The quantitative estimate of drug-likeness (QED) is 0.836. The Bertz CT molecular complexity index is 475. The third-order valence-corrected chi connectivity index (χ3v) is 3.82. The van der Waals surface area contributed by atoms with E-state index in [1.165, 1.54) is 13.2 Å². The first-order valence-electron chi connectivity index (χ1n) is 6.56. The molecular formula is C15H20FNO2. The molecule has 0 saturated carbocycles. The van der Waals surface area contributed by atoms with Crippen molar-refractivity contribution in [2.24, 2.45) is 0 Å². The van der Waals surface area contributed by atoms with Gasteiger partial charge in [0.2, 0.25) is 0 Å². The lowest BCUT2D eigenvalue weighted by Crippen LogP contribution is -2.46. The SMILES string of the molecule is COC(=O)c1cccc(C2CCC(C)(C)NC2)c1F. The molecule has 4 heteroatoms. The van der Waals surface area contributed by atoms with Gasteiger partial charge in [0.15, 0.2) is 0 Å². The van der Waals surface area contributed by atoms with Crippen molar-refractivity contribution in [2.45, 2.75) is 38.1 Å². The van der Waals surface area contributed by atoms with E-state index in [1.807, 2.05) is 0 Å². The molecule has 1 aliphatic heterocycles. The minimum Gasteiger partial charge on any atom is -0.465 e. The monoisotopic (exact) mass is 265 g/mol. The number of nitrogens with one attached hydrogen (secondary N) is 1. The molecule has 0 bridgehead atoms. The number of carbonyl (C=O) groups is 1. The van der Waals surface area contributed by atoms with Gasteiger partial charge >= 0.3 is 5.97 Å². The van der Waals surface area contributed by atoms with Gasteiger partial charge in [0.1, 0.15) is 5.82 Å². The van der Waals surface area contributed by atoms with Crippen molar-refractivity contribution in [3.63, 3.8) is 0 Å². The van der Waals surface area contributed by atoms with E-state index in [4.69, 9.17) is 0 Å². The maximum absolute atomic E-state index is 14.4. The lowest BCUT2D eigenvalue weighted by Gasteiger charge is -2.36. The molecule has 1 saturated heterocycles. The van der Waals surface area contributed by atoms with Crippen LogP contribution in [0.4, 0.5) is 4.39 Å². The minimum absolute atomic E-state index is 0.0184. The first kappa shape index (κ1) is 14.0. The van der Waals surface area contributed by atoms with E-state index in [9.17, 15) is 9.18 Å². The van der Waals surface area contributed by atoms with Crippen LogP contribution in [0.3, 0.4) is 0 Å². The number of benzene rings is 1. The zero-order valence-electron chi connectivity index (χ0n) is 11.6. The van der Waals surface area contributed by atoms with Gasteiger partial charge in [0, 0.05) is 12.1 Å². The van der Waals surface area contributed by atoms with Crippen LogP contribution in [0, 0.1) is 5.82 Å². The highest BCUT2D eigenvalue weighted by Gasteiger charge is 2.29. The lowest BCUT2D eigenvalue weighted by atomic mass is 9.83. The second-order valence-electron chi connectivity index (χ2n) is 5.70. The Morgan fingerprint density at radius 3 is 2.79 bits per heavy atom. The molecule has 0 radical (unpaired) electrons. The summed E-state index contributed by atoms with van der Waals surface area (Å²) in [6, 6.07) is 4.93. The van der Waals surface area contributed by atoms with Crippen LogP contribution in [0.2, 0.25) is 0 Å². The third-order valence-electron chi connectivity index (χ3n) is 3.82. The fraction of sp³-hybridized carbons (Fsp3) is 0.533. The molecule has 1 N–H and O–H groups in total. The number of hydrogen-bond acceptors (Lipinski definition) is 3. The van der Waals surface area contributed by atoms with E-state index in [2.05, 4.69) is 23.9 Å². The summed E-state index contributed by atoms with van der Waals surface area (Å²) in [5, 5.41) is 3.41. The van der Waals surface area contributed by atoms with Gasteiger partial charge in [-0.2, -0.15) is 0 Å². The highest BCUT2D eigenvalue weighted by Crippen LogP contribution is 2.31. The molecule has 2 rings (SSSR count). The number of carbonyl (C=O) groups excluding carboxylic acids is 1. The molecule has 1 fully saturated rings. The number of halogens is 1. The molecule has 1 aromatic rings.